The van der Waals surface area contributed by atoms with Crippen molar-refractivity contribution in [2.45, 2.75) is 13.5 Å². The minimum atomic E-state index is 0. The van der Waals surface area contributed by atoms with E-state index in [4.69, 9.17) is 4.98 Å². The predicted molar refractivity (Wildman–Crippen MR) is 119 cm³/mol. The molecule has 0 saturated carbocycles. The van der Waals surface area contributed by atoms with Crippen LogP contribution in [0.2, 0.25) is 0 Å². The molecule has 1 N–H and O–H groups in total. The number of halogens is 1. The first-order chi connectivity index (χ1) is 12.8. The number of aryl methyl sites for hydroxylation is 1. The van der Waals surface area contributed by atoms with Crippen LogP contribution in [0.25, 0.3) is 11.0 Å². The first-order valence-electron chi connectivity index (χ1n) is 9.56. The van der Waals surface area contributed by atoms with E-state index < -0.39 is 0 Å². The van der Waals surface area contributed by atoms with E-state index >= 15 is 0 Å². The lowest BCUT2D eigenvalue weighted by atomic mass is 10.2. The van der Waals surface area contributed by atoms with Gasteiger partial charge >= 0.3 is 0 Å². The van der Waals surface area contributed by atoms with E-state index in [0.717, 1.165) is 57.3 Å². The van der Waals surface area contributed by atoms with Gasteiger partial charge in [0.2, 0.25) is 5.95 Å². The molecule has 27 heavy (non-hydrogen) atoms. The number of piperazine rings is 1. The van der Waals surface area contributed by atoms with Crippen molar-refractivity contribution in [3.05, 3.63) is 54.6 Å². The number of fused-ring (bicyclic) bond motifs is 1. The molecule has 144 valence electrons. The largest absolute Gasteiger partial charge is 0.369 e. The standard InChI is InChI=1S/C21H27N5.BrH/c1-2-26-20-11-7-6-10-19(20)23-21(26)22-12-13-24-14-16-25(17-15-24)18-8-4-3-5-9-18;/h3-11H,2,12-17H2,1H3,(H,22,23);1H. The molecule has 1 aliphatic rings. The summed E-state index contributed by atoms with van der Waals surface area (Å²) in [5.41, 5.74) is 3.60. The number of hydrogen-bond acceptors (Lipinski definition) is 4. The maximum atomic E-state index is 4.74. The lowest BCUT2D eigenvalue weighted by molar-refractivity contribution is 0.267. The summed E-state index contributed by atoms with van der Waals surface area (Å²) in [6.07, 6.45) is 0. The van der Waals surface area contributed by atoms with Crippen LogP contribution in [0.15, 0.2) is 54.6 Å². The summed E-state index contributed by atoms with van der Waals surface area (Å²) in [7, 11) is 0. The summed E-state index contributed by atoms with van der Waals surface area (Å²) in [4.78, 5) is 9.75. The summed E-state index contributed by atoms with van der Waals surface area (Å²) < 4.78 is 2.25. The molecule has 0 spiro atoms. The van der Waals surface area contributed by atoms with Crippen molar-refractivity contribution in [2.75, 3.05) is 49.5 Å². The van der Waals surface area contributed by atoms with Gasteiger partial charge in [0, 0.05) is 51.5 Å². The molecule has 0 atom stereocenters. The fraction of sp³-hybridized carbons (Fsp3) is 0.381. The number of imidazole rings is 1. The number of para-hydroxylation sites is 3. The van der Waals surface area contributed by atoms with Crippen LogP contribution in [-0.2, 0) is 6.54 Å². The SMILES string of the molecule is Br.CCn1c(NCCN2CCN(c3ccccc3)CC2)nc2ccccc21. The van der Waals surface area contributed by atoms with Crippen molar-refractivity contribution in [2.24, 2.45) is 0 Å². The van der Waals surface area contributed by atoms with Crippen molar-refractivity contribution in [1.82, 2.24) is 14.5 Å². The van der Waals surface area contributed by atoms with Crippen LogP contribution in [0.5, 0.6) is 0 Å². The number of benzene rings is 2. The second-order valence-electron chi connectivity index (χ2n) is 6.76. The van der Waals surface area contributed by atoms with E-state index in [9.17, 15) is 0 Å². The topological polar surface area (TPSA) is 36.3 Å². The summed E-state index contributed by atoms with van der Waals surface area (Å²) in [6.45, 7) is 9.49. The molecule has 2 heterocycles. The smallest absolute Gasteiger partial charge is 0.203 e. The van der Waals surface area contributed by atoms with E-state index in [2.05, 4.69) is 75.1 Å². The van der Waals surface area contributed by atoms with Gasteiger partial charge in [-0.1, -0.05) is 30.3 Å². The zero-order valence-electron chi connectivity index (χ0n) is 15.8. The van der Waals surface area contributed by atoms with Gasteiger partial charge in [-0.05, 0) is 31.2 Å². The molecule has 5 nitrogen and oxygen atoms in total. The van der Waals surface area contributed by atoms with Crippen molar-refractivity contribution >= 4 is 39.7 Å². The van der Waals surface area contributed by atoms with Crippen LogP contribution in [0.1, 0.15) is 6.92 Å². The zero-order valence-corrected chi connectivity index (χ0v) is 17.6. The van der Waals surface area contributed by atoms with Gasteiger partial charge in [-0.15, -0.1) is 17.0 Å². The molecule has 3 aromatic rings. The van der Waals surface area contributed by atoms with Gasteiger partial charge in [-0.3, -0.25) is 4.90 Å². The second-order valence-corrected chi connectivity index (χ2v) is 6.76. The van der Waals surface area contributed by atoms with Crippen LogP contribution in [0, 0.1) is 0 Å². The van der Waals surface area contributed by atoms with E-state index in [-0.39, 0.29) is 17.0 Å². The number of nitrogens with one attached hydrogen (secondary N) is 1. The Balaban J connectivity index is 0.00000210. The average molecular weight is 430 g/mol. The average Bonchev–Trinajstić information content (AvgIpc) is 3.06. The van der Waals surface area contributed by atoms with Gasteiger partial charge in [0.25, 0.3) is 0 Å². The lowest BCUT2D eigenvalue weighted by Gasteiger charge is -2.36. The summed E-state index contributed by atoms with van der Waals surface area (Å²) in [5.74, 6) is 0.983. The number of hydrogen-bond donors (Lipinski definition) is 1. The molecular weight excluding hydrogens is 402 g/mol. The van der Waals surface area contributed by atoms with Crippen LogP contribution in [-0.4, -0.2) is 53.7 Å². The van der Waals surface area contributed by atoms with Crippen molar-refractivity contribution in [3.8, 4) is 0 Å². The van der Waals surface area contributed by atoms with Gasteiger partial charge in [-0.25, -0.2) is 4.98 Å². The lowest BCUT2D eigenvalue weighted by Crippen LogP contribution is -2.47. The highest BCUT2D eigenvalue weighted by Crippen LogP contribution is 2.19. The molecule has 0 amide bonds. The fourth-order valence-electron chi connectivity index (χ4n) is 3.72. The number of nitrogens with zero attached hydrogens (tertiary/aromatic N) is 4. The molecule has 0 radical (unpaired) electrons. The first-order valence-corrected chi connectivity index (χ1v) is 9.56. The van der Waals surface area contributed by atoms with E-state index in [1.807, 2.05) is 6.07 Å². The molecular formula is C21H28BrN5. The van der Waals surface area contributed by atoms with Crippen LogP contribution >= 0.6 is 17.0 Å². The Labute approximate surface area is 171 Å². The van der Waals surface area contributed by atoms with Gasteiger partial charge in [0.1, 0.15) is 0 Å². The summed E-state index contributed by atoms with van der Waals surface area (Å²) in [5, 5.41) is 3.54. The van der Waals surface area contributed by atoms with Crippen LogP contribution in [0.4, 0.5) is 11.6 Å². The summed E-state index contributed by atoms with van der Waals surface area (Å²) >= 11 is 0. The van der Waals surface area contributed by atoms with Crippen molar-refractivity contribution in [3.63, 3.8) is 0 Å². The maximum Gasteiger partial charge on any atom is 0.203 e. The molecule has 2 aromatic carbocycles. The third kappa shape index (κ3) is 4.45. The molecule has 0 unspecified atom stereocenters. The fourth-order valence-corrected chi connectivity index (χ4v) is 3.72. The molecule has 0 bridgehead atoms. The highest BCUT2D eigenvalue weighted by atomic mass is 79.9. The van der Waals surface area contributed by atoms with E-state index in [1.54, 1.807) is 0 Å². The summed E-state index contributed by atoms with van der Waals surface area (Å²) in [6, 6.07) is 19.1. The minimum Gasteiger partial charge on any atom is -0.369 e. The Morgan fingerprint density at radius 3 is 2.37 bits per heavy atom. The molecule has 1 aromatic heterocycles. The Bertz CT molecular complexity index is 840. The van der Waals surface area contributed by atoms with Crippen molar-refractivity contribution in [1.29, 1.82) is 0 Å². The van der Waals surface area contributed by atoms with Gasteiger partial charge in [0.15, 0.2) is 0 Å². The zero-order chi connectivity index (χ0) is 17.8. The van der Waals surface area contributed by atoms with Crippen molar-refractivity contribution < 1.29 is 0 Å². The predicted octanol–water partition coefficient (Wildman–Crippen LogP) is 3.87. The highest BCUT2D eigenvalue weighted by Gasteiger charge is 2.17. The monoisotopic (exact) mass is 429 g/mol. The van der Waals surface area contributed by atoms with E-state index in [1.165, 1.54) is 11.2 Å². The van der Waals surface area contributed by atoms with Crippen LogP contribution in [0.3, 0.4) is 0 Å². The maximum absolute atomic E-state index is 4.74. The van der Waals surface area contributed by atoms with Gasteiger partial charge in [0.05, 0.1) is 11.0 Å². The third-order valence-electron chi connectivity index (χ3n) is 5.18. The molecule has 0 aliphatic carbocycles. The molecule has 4 rings (SSSR count). The van der Waals surface area contributed by atoms with Gasteiger partial charge < -0.3 is 14.8 Å². The molecule has 1 aliphatic heterocycles. The van der Waals surface area contributed by atoms with Gasteiger partial charge in [-0.2, -0.15) is 0 Å². The highest BCUT2D eigenvalue weighted by molar-refractivity contribution is 8.93. The third-order valence-corrected chi connectivity index (χ3v) is 5.18. The van der Waals surface area contributed by atoms with E-state index in [0.29, 0.717) is 0 Å². The molecule has 6 heteroatoms. The molecule has 1 saturated heterocycles. The number of aromatic nitrogens is 2. The number of rotatable bonds is 6. The number of anilines is 2. The normalized spacial score (nSPS) is 14.9. The minimum absolute atomic E-state index is 0. The Morgan fingerprint density at radius 2 is 1.63 bits per heavy atom. The first kappa shape index (κ1) is 19.7. The quantitative estimate of drug-likeness (QED) is 0.644. The molecule has 1 fully saturated rings. The Hall–Kier alpha value is -2.05. The Morgan fingerprint density at radius 1 is 0.926 bits per heavy atom. The van der Waals surface area contributed by atoms with Crippen LogP contribution < -0.4 is 10.2 Å². The Kier molecular flexibility index (Phi) is 6.74. The second kappa shape index (κ2) is 9.24.